The van der Waals surface area contributed by atoms with Crippen LogP contribution in [0.5, 0.6) is 0 Å². The minimum atomic E-state index is -0.150. The summed E-state index contributed by atoms with van der Waals surface area (Å²) < 4.78 is 0. The van der Waals surface area contributed by atoms with Crippen molar-refractivity contribution in [1.29, 1.82) is 0 Å². The maximum absolute atomic E-state index is 12.7. The largest absolute Gasteiger partial charge is 0.355 e. The Hall–Kier alpha value is -1.20. The molecule has 1 heterocycles. The molecule has 2 aliphatic carbocycles. The molecule has 128 valence electrons. The highest BCUT2D eigenvalue weighted by atomic mass is 16.2. The van der Waals surface area contributed by atoms with Gasteiger partial charge in [-0.1, -0.05) is 26.0 Å². The Morgan fingerprint density at radius 2 is 1.83 bits per heavy atom. The number of ketones is 1. The summed E-state index contributed by atoms with van der Waals surface area (Å²) >= 11 is 0. The number of fused-ring (bicyclic) bond motifs is 2. The molecule has 3 rings (SSSR count). The van der Waals surface area contributed by atoms with E-state index in [-0.39, 0.29) is 41.3 Å². The number of allylic oxidation sites excluding steroid dienone is 2. The normalized spacial score (nSPS) is 33.3. The summed E-state index contributed by atoms with van der Waals surface area (Å²) in [4.78, 5) is 27.6. The molecule has 0 spiro atoms. The van der Waals surface area contributed by atoms with Crippen molar-refractivity contribution < 1.29 is 9.59 Å². The van der Waals surface area contributed by atoms with Crippen LogP contribution >= 0.6 is 0 Å². The molecule has 1 amide bonds. The van der Waals surface area contributed by atoms with Gasteiger partial charge in [0.05, 0.1) is 5.92 Å². The molecule has 0 aromatic heterocycles. The fourth-order valence-electron chi connectivity index (χ4n) is 4.34. The number of Topliss-reactive ketones (excluding diaryl/α,β-unsaturated/α-hetero) is 1. The highest BCUT2D eigenvalue weighted by Crippen LogP contribution is 2.49. The van der Waals surface area contributed by atoms with E-state index in [2.05, 4.69) is 27.7 Å². The number of piperazine rings is 1. The number of nitrogens with one attached hydrogen (secondary N) is 2. The van der Waals surface area contributed by atoms with E-state index in [4.69, 9.17) is 0 Å². The van der Waals surface area contributed by atoms with E-state index in [1.54, 1.807) is 0 Å². The van der Waals surface area contributed by atoms with Crippen molar-refractivity contribution in [2.24, 2.45) is 29.6 Å². The fourth-order valence-corrected chi connectivity index (χ4v) is 4.34. The van der Waals surface area contributed by atoms with Gasteiger partial charge in [0, 0.05) is 51.1 Å². The van der Waals surface area contributed by atoms with Crippen molar-refractivity contribution in [3.63, 3.8) is 0 Å². The highest BCUT2D eigenvalue weighted by Gasteiger charge is 2.51. The van der Waals surface area contributed by atoms with E-state index in [0.29, 0.717) is 6.54 Å². The quantitative estimate of drug-likeness (QED) is 0.707. The number of hydrogen-bond acceptors (Lipinski definition) is 4. The second kappa shape index (κ2) is 7.14. The molecule has 4 atom stereocenters. The SMILES string of the molecule is CC(C)C(=O)C1C2C=CC(C2)C1C(=O)NCCN1CCNCC1. The number of nitrogens with zero attached hydrogens (tertiary/aromatic N) is 1. The van der Waals surface area contributed by atoms with Gasteiger partial charge in [0.2, 0.25) is 5.91 Å². The molecule has 1 saturated heterocycles. The van der Waals surface area contributed by atoms with Crippen LogP contribution in [0.3, 0.4) is 0 Å². The second-order valence-corrected chi connectivity index (χ2v) is 7.44. The topological polar surface area (TPSA) is 61.4 Å². The van der Waals surface area contributed by atoms with Crippen LogP contribution in [0, 0.1) is 29.6 Å². The lowest BCUT2D eigenvalue weighted by Crippen LogP contribution is -2.47. The lowest BCUT2D eigenvalue weighted by Gasteiger charge is -2.29. The summed E-state index contributed by atoms with van der Waals surface area (Å²) in [6.45, 7) is 9.59. The molecular weight excluding hydrogens is 290 g/mol. The highest BCUT2D eigenvalue weighted by molar-refractivity contribution is 5.91. The Morgan fingerprint density at radius 3 is 2.48 bits per heavy atom. The monoisotopic (exact) mass is 319 g/mol. The van der Waals surface area contributed by atoms with E-state index < -0.39 is 0 Å². The lowest BCUT2D eigenvalue weighted by molar-refractivity contribution is -0.135. The fraction of sp³-hybridized carbons (Fsp3) is 0.778. The van der Waals surface area contributed by atoms with Crippen molar-refractivity contribution in [3.05, 3.63) is 12.2 Å². The van der Waals surface area contributed by atoms with Gasteiger partial charge in [-0.15, -0.1) is 0 Å². The molecule has 0 aromatic rings. The van der Waals surface area contributed by atoms with Crippen LogP contribution in [0.4, 0.5) is 0 Å². The van der Waals surface area contributed by atoms with Gasteiger partial charge in [0.15, 0.2) is 0 Å². The number of hydrogen-bond donors (Lipinski definition) is 2. The summed E-state index contributed by atoms with van der Waals surface area (Å²) in [5.74, 6) is 0.613. The van der Waals surface area contributed by atoms with Gasteiger partial charge >= 0.3 is 0 Å². The van der Waals surface area contributed by atoms with Crippen molar-refractivity contribution >= 4 is 11.7 Å². The predicted molar refractivity (Wildman–Crippen MR) is 89.9 cm³/mol. The zero-order valence-corrected chi connectivity index (χ0v) is 14.3. The zero-order chi connectivity index (χ0) is 16.4. The van der Waals surface area contributed by atoms with E-state index in [1.165, 1.54) is 0 Å². The van der Waals surface area contributed by atoms with Crippen LogP contribution in [0.25, 0.3) is 0 Å². The zero-order valence-electron chi connectivity index (χ0n) is 14.3. The average Bonchev–Trinajstić information content (AvgIpc) is 3.16. The number of rotatable bonds is 6. The first-order valence-electron chi connectivity index (χ1n) is 9.00. The molecule has 0 aromatic carbocycles. The van der Waals surface area contributed by atoms with Crippen LogP contribution in [0.1, 0.15) is 20.3 Å². The van der Waals surface area contributed by atoms with E-state index >= 15 is 0 Å². The standard InChI is InChI=1S/C18H29N3O2/c1-12(2)17(22)15-13-3-4-14(11-13)16(15)18(23)20-7-10-21-8-5-19-6-9-21/h3-4,12-16,19H,5-11H2,1-2H3,(H,20,23). The maximum atomic E-state index is 12.7. The molecule has 2 bridgehead atoms. The lowest BCUT2D eigenvalue weighted by atomic mass is 9.77. The maximum Gasteiger partial charge on any atom is 0.224 e. The molecule has 23 heavy (non-hydrogen) atoms. The van der Waals surface area contributed by atoms with Crippen LogP contribution in [-0.2, 0) is 9.59 Å². The Balaban J connectivity index is 1.55. The Morgan fingerprint density at radius 1 is 1.17 bits per heavy atom. The Bertz CT molecular complexity index is 483. The Kier molecular flexibility index (Phi) is 5.17. The van der Waals surface area contributed by atoms with Gasteiger partial charge in [-0.3, -0.25) is 14.5 Å². The van der Waals surface area contributed by atoms with Gasteiger partial charge < -0.3 is 10.6 Å². The van der Waals surface area contributed by atoms with Gasteiger partial charge in [0.25, 0.3) is 0 Å². The predicted octanol–water partition coefficient (Wildman–Crippen LogP) is 0.671. The molecule has 0 radical (unpaired) electrons. The number of carbonyl (C=O) groups excluding carboxylic acids is 2. The van der Waals surface area contributed by atoms with Crippen LogP contribution in [0.15, 0.2) is 12.2 Å². The van der Waals surface area contributed by atoms with Gasteiger partial charge in [-0.25, -0.2) is 0 Å². The van der Waals surface area contributed by atoms with Crippen molar-refractivity contribution in [1.82, 2.24) is 15.5 Å². The number of amides is 1. The van der Waals surface area contributed by atoms with Crippen LogP contribution < -0.4 is 10.6 Å². The summed E-state index contributed by atoms with van der Waals surface area (Å²) in [6, 6.07) is 0. The van der Waals surface area contributed by atoms with E-state index in [9.17, 15) is 9.59 Å². The van der Waals surface area contributed by atoms with Crippen molar-refractivity contribution in [3.8, 4) is 0 Å². The summed E-state index contributed by atoms with van der Waals surface area (Å²) in [7, 11) is 0. The van der Waals surface area contributed by atoms with E-state index in [1.807, 2.05) is 13.8 Å². The molecule has 1 aliphatic heterocycles. The minimum Gasteiger partial charge on any atom is -0.355 e. The summed E-state index contributed by atoms with van der Waals surface area (Å²) in [5.41, 5.74) is 0. The molecular formula is C18H29N3O2. The van der Waals surface area contributed by atoms with Gasteiger partial charge in [0.1, 0.15) is 5.78 Å². The first-order chi connectivity index (χ1) is 11.1. The third kappa shape index (κ3) is 3.50. The molecule has 4 unspecified atom stereocenters. The van der Waals surface area contributed by atoms with E-state index in [0.717, 1.165) is 39.1 Å². The second-order valence-electron chi connectivity index (χ2n) is 7.44. The molecule has 1 saturated carbocycles. The van der Waals surface area contributed by atoms with Crippen LogP contribution in [0.2, 0.25) is 0 Å². The third-order valence-corrected chi connectivity index (χ3v) is 5.60. The number of carbonyl (C=O) groups is 2. The first kappa shape index (κ1) is 16.7. The third-order valence-electron chi connectivity index (χ3n) is 5.60. The van der Waals surface area contributed by atoms with Gasteiger partial charge in [-0.2, -0.15) is 0 Å². The van der Waals surface area contributed by atoms with Crippen molar-refractivity contribution in [2.75, 3.05) is 39.3 Å². The average molecular weight is 319 g/mol. The van der Waals surface area contributed by atoms with Crippen LogP contribution in [-0.4, -0.2) is 55.9 Å². The smallest absolute Gasteiger partial charge is 0.224 e. The molecule has 2 N–H and O–H groups in total. The summed E-state index contributed by atoms with van der Waals surface area (Å²) in [5, 5.41) is 6.43. The Labute approximate surface area is 138 Å². The molecule has 5 heteroatoms. The summed E-state index contributed by atoms with van der Waals surface area (Å²) in [6.07, 6.45) is 5.27. The molecule has 5 nitrogen and oxygen atoms in total. The van der Waals surface area contributed by atoms with Gasteiger partial charge in [-0.05, 0) is 18.3 Å². The first-order valence-corrected chi connectivity index (χ1v) is 9.00. The molecule has 3 aliphatic rings. The minimum absolute atomic E-state index is 0.00361. The van der Waals surface area contributed by atoms with Crippen molar-refractivity contribution in [2.45, 2.75) is 20.3 Å². The molecule has 2 fully saturated rings.